The van der Waals surface area contributed by atoms with E-state index in [1.54, 1.807) is 0 Å². The van der Waals surface area contributed by atoms with Gasteiger partial charge in [0.05, 0.1) is 0 Å². The average Bonchev–Trinajstić information content (AvgIpc) is 1.85. The van der Waals surface area contributed by atoms with Crippen LogP contribution in [0.3, 0.4) is 0 Å². The number of ether oxygens (including phenoxy) is 1. The highest BCUT2D eigenvalue weighted by atomic mass is 16.6. The molecule has 64 valence electrons. The molecule has 3 N–H and O–H groups in total. The lowest BCUT2D eigenvalue weighted by atomic mass is 10.00. The Morgan fingerprint density at radius 1 is 1.64 bits per heavy atom. The van der Waals surface area contributed by atoms with E-state index < -0.39 is 6.09 Å². The van der Waals surface area contributed by atoms with Crippen LogP contribution in [0, 0.1) is 5.92 Å². The van der Waals surface area contributed by atoms with Crippen molar-refractivity contribution in [3.05, 3.63) is 0 Å². The number of carbonyl (C=O) groups is 1. The number of hydrogen-bond acceptors (Lipinski definition) is 3. The average molecular weight is 158 g/mol. The van der Waals surface area contributed by atoms with Gasteiger partial charge in [0.15, 0.2) is 0 Å². The van der Waals surface area contributed by atoms with Gasteiger partial charge in [0, 0.05) is 6.54 Å². The zero-order valence-electron chi connectivity index (χ0n) is 6.67. The summed E-state index contributed by atoms with van der Waals surface area (Å²) in [6.07, 6.45) is 0.206. The van der Waals surface area contributed by atoms with Gasteiger partial charge in [-0.3, -0.25) is 0 Å². The fraction of sp³-hybridized carbons (Fsp3) is 0.857. The third-order valence-corrected chi connectivity index (χ3v) is 1.81. The van der Waals surface area contributed by atoms with Gasteiger partial charge in [-0.15, -0.1) is 0 Å². The minimum Gasteiger partial charge on any atom is -0.445 e. The summed E-state index contributed by atoms with van der Waals surface area (Å²) in [7, 11) is 0. The summed E-state index contributed by atoms with van der Waals surface area (Å²) in [4.78, 5) is 10.3. The Morgan fingerprint density at radius 3 is 2.91 bits per heavy atom. The Balaban J connectivity index is 2.28. The summed E-state index contributed by atoms with van der Waals surface area (Å²) in [6, 6.07) is 0. The third-order valence-electron chi connectivity index (χ3n) is 1.81. The minimum absolute atomic E-state index is 0.0313. The van der Waals surface area contributed by atoms with E-state index in [2.05, 4.69) is 12.2 Å². The molecule has 1 amide bonds. The standard InChI is InChI=1S/C7H14N2O2/c1-5-2-6(4-9-3-5)11-7(8)10/h5-6,9H,2-4H2,1H3,(H2,8,10). The van der Waals surface area contributed by atoms with Crippen molar-refractivity contribution in [2.45, 2.75) is 19.4 Å². The highest BCUT2D eigenvalue weighted by Gasteiger charge is 2.20. The Bertz CT molecular complexity index is 149. The lowest BCUT2D eigenvalue weighted by molar-refractivity contribution is 0.0778. The van der Waals surface area contributed by atoms with Gasteiger partial charge in [0.2, 0.25) is 0 Å². The first-order valence-electron chi connectivity index (χ1n) is 3.85. The van der Waals surface area contributed by atoms with Gasteiger partial charge in [0.25, 0.3) is 0 Å². The van der Waals surface area contributed by atoms with Crippen molar-refractivity contribution < 1.29 is 9.53 Å². The maximum Gasteiger partial charge on any atom is 0.404 e. The first-order valence-corrected chi connectivity index (χ1v) is 3.85. The predicted molar refractivity (Wildman–Crippen MR) is 41.1 cm³/mol. The normalized spacial score (nSPS) is 31.4. The van der Waals surface area contributed by atoms with Crippen molar-refractivity contribution in [1.29, 1.82) is 0 Å². The summed E-state index contributed by atoms with van der Waals surface area (Å²) >= 11 is 0. The van der Waals surface area contributed by atoms with Gasteiger partial charge in [-0.2, -0.15) is 0 Å². The van der Waals surface area contributed by atoms with Crippen LogP contribution in [0.1, 0.15) is 13.3 Å². The molecule has 1 rings (SSSR count). The van der Waals surface area contributed by atoms with Crippen molar-refractivity contribution in [2.24, 2.45) is 11.7 Å². The second kappa shape index (κ2) is 3.57. The van der Waals surface area contributed by atoms with Crippen LogP contribution in [0.2, 0.25) is 0 Å². The molecule has 0 saturated carbocycles. The molecule has 0 spiro atoms. The first-order chi connectivity index (χ1) is 5.18. The maximum atomic E-state index is 10.3. The summed E-state index contributed by atoms with van der Waals surface area (Å²) in [5.41, 5.74) is 4.88. The summed E-state index contributed by atoms with van der Waals surface area (Å²) < 4.78 is 4.84. The third kappa shape index (κ3) is 2.76. The molecule has 1 heterocycles. The Kier molecular flexibility index (Phi) is 2.70. The molecule has 0 bridgehead atoms. The predicted octanol–water partition coefficient (Wildman–Crippen LogP) is 0.0797. The molecule has 0 radical (unpaired) electrons. The second-order valence-corrected chi connectivity index (χ2v) is 3.06. The van der Waals surface area contributed by atoms with E-state index >= 15 is 0 Å². The van der Waals surface area contributed by atoms with E-state index in [-0.39, 0.29) is 6.10 Å². The molecule has 1 aliphatic rings. The molecular formula is C7H14N2O2. The number of piperidine rings is 1. The van der Waals surface area contributed by atoms with Crippen LogP contribution >= 0.6 is 0 Å². The molecule has 2 atom stereocenters. The van der Waals surface area contributed by atoms with Crippen molar-refractivity contribution in [2.75, 3.05) is 13.1 Å². The Morgan fingerprint density at radius 2 is 2.36 bits per heavy atom. The van der Waals surface area contributed by atoms with Crippen molar-refractivity contribution in [1.82, 2.24) is 5.32 Å². The van der Waals surface area contributed by atoms with E-state index in [0.29, 0.717) is 5.92 Å². The molecule has 4 nitrogen and oxygen atoms in total. The zero-order chi connectivity index (χ0) is 8.27. The smallest absolute Gasteiger partial charge is 0.404 e. The molecule has 0 aromatic rings. The van der Waals surface area contributed by atoms with Crippen molar-refractivity contribution in [3.63, 3.8) is 0 Å². The van der Waals surface area contributed by atoms with Crippen LogP contribution in [-0.4, -0.2) is 25.3 Å². The van der Waals surface area contributed by atoms with Crippen LogP contribution in [0.15, 0.2) is 0 Å². The lowest BCUT2D eigenvalue weighted by Crippen LogP contribution is -2.41. The fourth-order valence-electron chi connectivity index (χ4n) is 1.36. The van der Waals surface area contributed by atoms with Crippen molar-refractivity contribution >= 4 is 6.09 Å². The van der Waals surface area contributed by atoms with Crippen LogP contribution in [0.25, 0.3) is 0 Å². The molecule has 1 aliphatic heterocycles. The molecule has 1 fully saturated rings. The quantitative estimate of drug-likeness (QED) is 0.568. The minimum atomic E-state index is -0.675. The maximum absolute atomic E-state index is 10.3. The van der Waals surface area contributed by atoms with Gasteiger partial charge in [-0.05, 0) is 18.9 Å². The zero-order valence-corrected chi connectivity index (χ0v) is 6.67. The second-order valence-electron chi connectivity index (χ2n) is 3.06. The monoisotopic (exact) mass is 158 g/mol. The van der Waals surface area contributed by atoms with E-state index in [0.717, 1.165) is 19.5 Å². The Hall–Kier alpha value is -0.770. The highest BCUT2D eigenvalue weighted by Crippen LogP contribution is 2.11. The Labute approximate surface area is 66.1 Å². The summed E-state index contributed by atoms with van der Waals surface area (Å²) in [5.74, 6) is 0.563. The molecule has 0 aromatic carbocycles. The largest absolute Gasteiger partial charge is 0.445 e. The molecule has 4 heteroatoms. The number of nitrogens with one attached hydrogen (secondary N) is 1. The van der Waals surface area contributed by atoms with E-state index in [9.17, 15) is 4.79 Å². The summed E-state index contributed by atoms with van der Waals surface area (Å²) in [5, 5.41) is 3.16. The summed E-state index contributed by atoms with van der Waals surface area (Å²) in [6.45, 7) is 3.84. The highest BCUT2D eigenvalue weighted by molar-refractivity contribution is 5.64. The van der Waals surface area contributed by atoms with Gasteiger partial charge in [-0.25, -0.2) is 4.79 Å². The molecule has 0 aliphatic carbocycles. The number of rotatable bonds is 1. The number of nitrogens with two attached hydrogens (primary N) is 1. The number of amides is 1. The van der Waals surface area contributed by atoms with Crippen LogP contribution < -0.4 is 11.1 Å². The van der Waals surface area contributed by atoms with Gasteiger partial charge in [-0.1, -0.05) is 6.92 Å². The lowest BCUT2D eigenvalue weighted by Gasteiger charge is -2.26. The molecule has 1 saturated heterocycles. The molecule has 11 heavy (non-hydrogen) atoms. The number of hydrogen-bond donors (Lipinski definition) is 2. The van der Waals surface area contributed by atoms with E-state index in [4.69, 9.17) is 10.5 Å². The fourth-order valence-corrected chi connectivity index (χ4v) is 1.36. The number of primary amides is 1. The van der Waals surface area contributed by atoms with Gasteiger partial charge < -0.3 is 15.8 Å². The van der Waals surface area contributed by atoms with Crippen molar-refractivity contribution in [3.8, 4) is 0 Å². The number of carbonyl (C=O) groups excluding carboxylic acids is 1. The molecular weight excluding hydrogens is 144 g/mol. The van der Waals surface area contributed by atoms with Gasteiger partial charge in [0.1, 0.15) is 6.10 Å². The SMILES string of the molecule is CC1CNCC(OC(N)=O)C1. The topological polar surface area (TPSA) is 64.3 Å². The van der Waals surface area contributed by atoms with E-state index in [1.807, 2.05) is 0 Å². The van der Waals surface area contributed by atoms with Crippen LogP contribution in [0.5, 0.6) is 0 Å². The van der Waals surface area contributed by atoms with Crippen LogP contribution in [-0.2, 0) is 4.74 Å². The molecule has 2 unspecified atom stereocenters. The van der Waals surface area contributed by atoms with Crippen LogP contribution in [0.4, 0.5) is 4.79 Å². The van der Waals surface area contributed by atoms with Gasteiger partial charge >= 0.3 is 6.09 Å². The first kappa shape index (κ1) is 8.33. The molecule has 0 aromatic heterocycles. The van der Waals surface area contributed by atoms with E-state index in [1.165, 1.54) is 0 Å².